The molecule has 0 aliphatic carbocycles. The van der Waals surface area contributed by atoms with Crippen LogP contribution in [0, 0.1) is 0 Å². The Morgan fingerprint density at radius 3 is 2.76 bits per heavy atom. The third-order valence-electron chi connectivity index (χ3n) is 3.39. The van der Waals surface area contributed by atoms with Gasteiger partial charge in [-0.05, 0) is 53.3 Å². The monoisotopic (exact) mass is 323 g/mol. The highest BCUT2D eigenvalue weighted by atomic mass is 35.5. The predicted octanol–water partition coefficient (Wildman–Crippen LogP) is 3.69. The van der Waals surface area contributed by atoms with Crippen molar-refractivity contribution in [3.05, 3.63) is 57.2 Å². The van der Waals surface area contributed by atoms with Crippen LogP contribution >= 0.6 is 22.9 Å². The summed E-state index contributed by atoms with van der Waals surface area (Å²) in [6.07, 6.45) is 1.51. The molecule has 0 aliphatic rings. The third-order valence-corrected chi connectivity index (χ3v) is 4.42. The highest BCUT2D eigenvalue weighted by Gasteiger charge is 2.13. The lowest BCUT2D eigenvalue weighted by Gasteiger charge is -2.15. The molecule has 1 unspecified atom stereocenters. The normalized spacial score (nSPS) is 12.1. The number of aliphatic hydroxyl groups is 1. The number of halogens is 1. The van der Waals surface area contributed by atoms with Gasteiger partial charge in [-0.1, -0.05) is 23.7 Å². The molecule has 0 bridgehead atoms. The SMILES string of the molecule is O=C(NCCC(CCO)c1ccsc1)c1ccccc1Cl. The Hall–Kier alpha value is -1.36. The summed E-state index contributed by atoms with van der Waals surface area (Å²) < 4.78 is 0. The molecule has 1 atom stereocenters. The molecule has 0 fully saturated rings. The van der Waals surface area contributed by atoms with Gasteiger partial charge in [0.1, 0.15) is 0 Å². The van der Waals surface area contributed by atoms with E-state index >= 15 is 0 Å². The average molecular weight is 324 g/mol. The molecule has 1 heterocycles. The third kappa shape index (κ3) is 4.56. The predicted molar refractivity (Wildman–Crippen MR) is 87.2 cm³/mol. The Kier molecular flexibility index (Phi) is 6.23. The summed E-state index contributed by atoms with van der Waals surface area (Å²) in [4.78, 5) is 12.0. The standard InChI is InChI=1S/C16H18ClNO2S/c17-15-4-2-1-3-14(15)16(20)18-8-5-12(6-9-19)13-7-10-21-11-13/h1-4,7,10-12,19H,5-6,8-9H2,(H,18,20). The van der Waals surface area contributed by atoms with Gasteiger partial charge in [0.25, 0.3) is 5.91 Å². The zero-order valence-electron chi connectivity index (χ0n) is 11.6. The topological polar surface area (TPSA) is 49.3 Å². The summed E-state index contributed by atoms with van der Waals surface area (Å²) in [6.45, 7) is 0.712. The average Bonchev–Trinajstić information content (AvgIpc) is 3.01. The lowest BCUT2D eigenvalue weighted by molar-refractivity contribution is 0.0952. The van der Waals surface area contributed by atoms with Gasteiger partial charge in [0.05, 0.1) is 10.6 Å². The van der Waals surface area contributed by atoms with E-state index in [9.17, 15) is 4.79 Å². The summed E-state index contributed by atoms with van der Waals surface area (Å²) >= 11 is 7.64. The van der Waals surface area contributed by atoms with Crippen molar-refractivity contribution in [1.82, 2.24) is 5.32 Å². The molecule has 1 aromatic heterocycles. The first kappa shape index (κ1) is 16.0. The molecule has 0 saturated heterocycles. The van der Waals surface area contributed by atoms with Crippen molar-refractivity contribution in [2.24, 2.45) is 0 Å². The lowest BCUT2D eigenvalue weighted by Crippen LogP contribution is -2.26. The second kappa shape index (κ2) is 8.17. The van der Waals surface area contributed by atoms with E-state index in [-0.39, 0.29) is 18.4 Å². The first-order chi connectivity index (χ1) is 10.2. The van der Waals surface area contributed by atoms with Crippen LogP contribution in [0.4, 0.5) is 0 Å². The fraction of sp³-hybridized carbons (Fsp3) is 0.312. The number of amides is 1. The van der Waals surface area contributed by atoms with Crippen LogP contribution in [-0.2, 0) is 0 Å². The van der Waals surface area contributed by atoms with Crippen LogP contribution < -0.4 is 5.32 Å². The van der Waals surface area contributed by atoms with E-state index in [1.807, 2.05) is 5.38 Å². The molecular weight excluding hydrogens is 306 g/mol. The van der Waals surface area contributed by atoms with E-state index in [4.69, 9.17) is 16.7 Å². The van der Waals surface area contributed by atoms with Crippen molar-refractivity contribution in [3.63, 3.8) is 0 Å². The van der Waals surface area contributed by atoms with Gasteiger partial charge in [-0.15, -0.1) is 0 Å². The molecular formula is C16H18ClNO2S. The number of nitrogens with one attached hydrogen (secondary N) is 1. The molecule has 2 aromatic rings. The fourth-order valence-corrected chi connectivity index (χ4v) is 3.21. The Morgan fingerprint density at radius 1 is 1.29 bits per heavy atom. The highest BCUT2D eigenvalue weighted by molar-refractivity contribution is 7.07. The summed E-state index contributed by atoms with van der Waals surface area (Å²) in [5, 5.41) is 16.6. The van der Waals surface area contributed by atoms with Gasteiger partial charge < -0.3 is 10.4 Å². The first-order valence-electron chi connectivity index (χ1n) is 6.88. The largest absolute Gasteiger partial charge is 0.396 e. The van der Waals surface area contributed by atoms with Crippen LogP contribution in [0.15, 0.2) is 41.1 Å². The molecule has 5 heteroatoms. The lowest BCUT2D eigenvalue weighted by atomic mass is 9.95. The van der Waals surface area contributed by atoms with Gasteiger partial charge in [0.2, 0.25) is 0 Å². The van der Waals surface area contributed by atoms with Crippen LogP contribution in [-0.4, -0.2) is 24.2 Å². The molecule has 3 nitrogen and oxygen atoms in total. The molecule has 2 N–H and O–H groups in total. The maximum absolute atomic E-state index is 12.0. The first-order valence-corrected chi connectivity index (χ1v) is 8.20. The van der Waals surface area contributed by atoms with Crippen LogP contribution in [0.5, 0.6) is 0 Å². The van der Waals surface area contributed by atoms with Crippen molar-refractivity contribution in [2.45, 2.75) is 18.8 Å². The minimum absolute atomic E-state index is 0.152. The Bertz CT molecular complexity index is 571. The number of hydrogen-bond acceptors (Lipinski definition) is 3. The molecule has 1 aromatic carbocycles. The van der Waals surface area contributed by atoms with Crippen LogP contribution in [0.3, 0.4) is 0 Å². The molecule has 0 radical (unpaired) electrons. The van der Waals surface area contributed by atoms with Gasteiger partial charge in [0.15, 0.2) is 0 Å². The van der Waals surface area contributed by atoms with Gasteiger partial charge in [-0.25, -0.2) is 0 Å². The quantitative estimate of drug-likeness (QED) is 0.816. The highest BCUT2D eigenvalue weighted by Crippen LogP contribution is 2.25. The maximum Gasteiger partial charge on any atom is 0.252 e. The Balaban J connectivity index is 1.88. The van der Waals surface area contributed by atoms with Crippen molar-refractivity contribution >= 4 is 28.8 Å². The summed E-state index contributed by atoms with van der Waals surface area (Å²) in [7, 11) is 0. The number of aliphatic hydroxyl groups excluding tert-OH is 1. The van der Waals surface area contributed by atoms with Crippen molar-refractivity contribution < 1.29 is 9.90 Å². The van der Waals surface area contributed by atoms with E-state index in [1.165, 1.54) is 5.56 Å². The minimum Gasteiger partial charge on any atom is -0.396 e. The number of thiophene rings is 1. The second-order valence-electron chi connectivity index (χ2n) is 4.79. The summed E-state index contributed by atoms with van der Waals surface area (Å²) in [6, 6.07) is 9.08. The zero-order valence-corrected chi connectivity index (χ0v) is 13.2. The van der Waals surface area contributed by atoms with Crippen LogP contribution in [0.25, 0.3) is 0 Å². The zero-order chi connectivity index (χ0) is 15.1. The van der Waals surface area contributed by atoms with E-state index in [0.717, 1.165) is 6.42 Å². The van der Waals surface area contributed by atoms with Gasteiger partial charge in [0, 0.05) is 13.2 Å². The van der Waals surface area contributed by atoms with Crippen molar-refractivity contribution in [2.75, 3.05) is 13.2 Å². The number of benzene rings is 1. The Labute approximate surface area is 133 Å². The van der Waals surface area contributed by atoms with Gasteiger partial charge in [-0.3, -0.25) is 4.79 Å². The second-order valence-corrected chi connectivity index (χ2v) is 5.98. The molecule has 0 spiro atoms. The molecule has 2 rings (SSSR count). The molecule has 1 amide bonds. The maximum atomic E-state index is 12.0. The van der Waals surface area contributed by atoms with Crippen LogP contribution in [0.1, 0.15) is 34.7 Å². The molecule has 0 aliphatic heterocycles. The molecule has 21 heavy (non-hydrogen) atoms. The Morgan fingerprint density at radius 2 is 2.10 bits per heavy atom. The smallest absolute Gasteiger partial charge is 0.252 e. The number of hydrogen-bond donors (Lipinski definition) is 2. The van der Waals surface area contributed by atoms with Gasteiger partial charge >= 0.3 is 0 Å². The number of carbonyl (C=O) groups excluding carboxylic acids is 1. The number of rotatable bonds is 7. The fourth-order valence-electron chi connectivity index (χ4n) is 2.24. The van der Waals surface area contributed by atoms with Crippen molar-refractivity contribution in [1.29, 1.82) is 0 Å². The summed E-state index contributed by atoms with van der Waals surface area (Å²) in [5.41, 5.74) is 1.72. The van der Waals surface area contributed by atoms with Crippen molar-refractivity contribution in [3.8, 4) is 0 Å². The summed E-state index contributed by atoms with van der Waals surface area (Å²) in [5.74, 6) is 0.112. The van der Waals surface area contributed by atoms with E-state index in [2.05, 4.69) is 16.8 Å². The van der Waals surface area contributed by atoms with E-state index < -0.39 is 0 Å². The van der Waals surface area contributed by atoms with Crippen LogP contribution in [0.2, 0.25) is 5.02 Å². The molecule has 112 valence electrons. The van der Waals surface area contributed by atoms with Gasteiger partial charge in [-0.2, -0.15) is 11.3 Å². The molecule has 0 saturated carbocycles. The van der Waals surface area contributed by atoms with E-state index in [0.29, 0.717) is 23.6 Å². The minimum atomic E-state index is -0.159. The van der Waals surface area contributed by atoms with E-state index in [1.54, 1.807) is 35.6 Å². The number of carbonyl (C=O) groups is 1.